The number of nitrogens with zero attached hydrogens (tertiary/aromatic N) is 4. The summed E-state index contributed by atoms with van der Waals surface area (Å²) in [5, 5.41) is 0.655. The van der Waals surface area contributed by atoms with Crippen LogP contribution in [0.5, 0.6) is 0 Å². The van der Waals surface area contributed by atoms with Gasteiger partial charge in [0.2, 0.25) is 0 Å². The van der Waals surface area contributed by atoms with Crippen LogP contribution in [0.15, 0.2) is 36.7 Å². The minimum absolute atomic E-state index is 0.0918. The smallest absolute Gasteiger partial charge is 0.253 e. The van der Waals surface area contributed by atoms with E-state index in [2.05, 4.69) is 21.4 Å². The van der Waals surface area contributed by atoms with Crippen molar-refractivity contribution in [1.29, 1.82) is 0 Å². The van der Waals surface area contributed by atoms with Crippen molar-refractivity contribution >= 4 is 17.5 Å². The first-order valence-electron chi connectivity index (χ1n) is 8.44. The lowest BCUT2D eigenvalue weighted by molar-refractivity contribution is 0.0633. The Morgan fingerprint density at radius 3 is 2.50 bits per heavy atom. The summed E-state index contributed by atoms with van der Waals surface area (Å²) in [7, 11) is 0. The molecule has 2 aromatic rings. The van der Waals surface area contributed by atoms with Crippen molar-refractivity contribution in [2.45, 2.75) is 19.9 Å². The Bertz CT molecular complexity index is 675. The number of piperazine rings is 1. The van der Waals surface area contributed by atoms with Gasteiger partial charge in [-0.25, -0.2) is 4.98 Å². The zero-order chi connectivity index (χ0) is 16.9. The van der Waals surface area contributed by atoms with Gasteiger partial charge in [-0.15, -0.1) is 0 Å². The van der Waals surface area contributed by atoms with E-state index < -0.39 is 0 Å². The quantitative estimate of drug-likeness (QED) is 0.835. The summed E-state index contributed by atoms with van der Waals surface area (Å²) < 4.78 is 2.21. The normalized spacial score (nSPS) is 15.7. The Labute approximate surface area is 147 Å². The molecule has 1 amide bonds. The molecule has 6 heteroatoms. The molecular weight excluding hydrogens is 324 g/mol. The molecule has 128 valence electrons. The van der Waals surface area contributed by atoms with Gasteiger partial charge in [0.05, 0.1) is 0 Å². The summed E-state index contributed by atoms with van der Waals surface area (Å²) in [5.74, 6) is 1.22. The predicted molar refractivity (Wildman–Crippen MR) is 95.4 cm³/mol. The number of rotatable bonds is 5. The van der Waals surface area contributed by atoms with E-state index in [4.69, 9.17) is 11.6 Å². The van der Waals surface area contributed by atoms with Crippen LogP contribution in [0.2, 0.25) is 5.02 Å². The van der Waals surface area contributed by atoms with Crippen LogP contribution in [0, 0.1) is 0 Å². The van der Waals surface area contributed by atoms with Crippen molar-refractivity contribution in [1.82, 2.24) is 19.4 Å². The Morgan fingerprint density at radius 1 is 1.12 bits per heavy atom. The molecule has 0 spiro atoms. The van der Waals surface area contributed by atoms with Crippen LogP contribution in [0.1, 0.15) is 23.1 Å². The fourth-order valence-corrected chi connectivity index (χ4v) is 3.18. The van der Waals surface area contributed by atoms with Crippen LogP contribution >= 0.6 is 11.6 Å². The van der Waals surface area contributed by atoms with Crippen molar-refractivity contribution in [3.63, 3.8) is 0 Å². The molecule has 2 heterocycles. The second-order valence-electron chi connectivity index (χ2n) is 6.03. The first-order valence-corrected chi connectivity index (χ1v) is 8.82. The highest BCUT2D eigenvalue weighted by Crippen LogP contribution is 2.13. The highest BCUT2D eigenvalue weighted by atomic mass is 35.5. The third-order valence-corrected chi connectivity index (χ3v) is 4.78. The van der Waals surface area contributed by atoms with Gasteiger partial charge in [0.25, 0.3) is 5.91 Å². The first-order chi connectivity index (χ1) is 11.7. The van der Waals surface area contributed by atoms with E-state index >= 15 is 0 Å². The van der Waals surface area contributed by atoms with E-state index in [-0.39, 0.29) is 5.91 Å². The second kappa shape index (κ2) is 7.81. The summed E-state index contributed by atoms with van der Waals surface area (Å²) in [6.07, 6.45) is 4.86. The molecule has 1 fully saturated rings. The fraction of sp³-hybridized carbons (Fsp3) is 0.444. The number of benzene rings is 1. The van der Waals surface area contributed by atoms with Crippen LogP contribution in [0.4, 0.5) is 0 Å². The lowest BCUT2D eigenvalue weighted by Gasteiger charge is -2.34. The molecule has 1 aromatic carbocycles. The van der Waals surface area contributed by atoms with Gasteiger partial charge in [0, 0.05) is 68.7 Å². The molecule has 1 saturated heterocycles. The number of amides is 1. The van der Waals surface area contributed by atoms with Crippen molar-refractivity contribution in [2.24, 2.45) is 0 Å². The van der Waals surface area contributed by atoms with Crippen molar-refractivity contribution in [3.8, 4) is 0 Å². The molecule has 1 aliphatic heterocycles. The molecule has 0 unspecified atom stereocenters. The highest BCUT2D eigenvalue weighted by molar-refractivity contribution is 6.30. The number of aryl methyl sites for hydroxylation is 1. The highest BCUT2D eigenvalue weighted by Gasteiger charge is 2.22. The van der Waals surface area contributed by atoms with Crippen molar-refractivity contribution in [2.75, 3.05) is 32.7 Å². The summed E-state index contributed by atoms with van der Waals surface area (Å²) in [6.45, 7) is 7.43. The third kappa shape index (κ3) is 3.97. The lowest BCUT2D eigenvalue weighted by atomic mass is 10.2. The van der Waals surface area contributed by atoms with E-state index in [1.807, 2.05) is 17.3 Å². The van der Waals surface area contributed by atoms with Gasteiger partial charge in [-0.1, -0.05) is 18.5 Å². The third-order valence-electron chi connectivity index (χ3n) is 4.53. The molecule has 0 radical (unpaired) electrons. The molecule has 0 N–H and O–H groups in total. The summed E-state index contributed by atoms with van der Waals surface area (Å²) in [5.41, 5.74) is 0.707. The predicted octanol–water partition coefficient (Wildman–Crippen LogP) is 2.56. The first kappa shape index (κ1) is 17.0. The molecular formula is C18H23ClN4O. The van der Waals surface area contributed by atoms with E-state index in [1.165, 1.54) is 0 Å². The molecule has 5 nitrogen and oxygen atoms in total. The van der Waals surface area contributed by atoms with E-state index in [1.54, 1.807) is 24.3 Å². The maximum atomic E-state index is 12.5. The Hall–Kier alpha value is -1.85. The number of carbonyl (C=O) groups is 1. The van der Waals surface area contributed by atoms with Crippen LogP contribution in [-0.4, -0.2) is 58.0 Å². The number of halogens is 1. The minimum atomic E-state index is 0.0918. The molecule has 0 saturated carbocycles. The van der Waals surface area contributed by atoms with E-state index in [9.17, 15) is 4.79 Å². The van der Waals surface area contributed by atoms with E-state index in [0.717, 1.165) is 51.5 Å². The molecule has 1 aromatic heterocycles. The van der Waals surface area contributed by atoms with Crippen LogP contribution in [0.3, 0.4) is 0 Å². The van der Waals surface area contributed by atoms with Crippen LogP contribution in [0.25, 0.3) is 0 Å². The maximum absolute atomic E-state index is 12.5. The molecule has 1 aliphatic rings. The molecule has 0 bridgehead atoms. The van der Waals surface area contributed by atoms with Gasteiger partial charge in [0.1, 0.15) is 5.82 Å². The number of aromatic nitrogens is 2. The van der Waals surface area contributed by atoms with Crippen molar-refractivity contribution in [3.05, 3.63) is 53.1 Å². The Morgan fingerprint density at radius 2 is 1.83 bits per heavy atom. The number of imidazole rings is 1. The molecule has 0 aliphatic carbocycles. The number of hydrogen-bond acceptors (Lipinski definition) is 3. The average Bonchev–Trinajstić information content (AvgIpc) is 3.08. The lowest BCUT2D eigenvalue weighted by Crippen LogP contribution is -2.49. The zero-order valence-corrected chi connectivity index (χ0v) is 14.7. The topological polar surface area (TPSA) is 41.4 Å². The Kier molecular flexibility index (Phi) is 5.53. The summed E-state index contributed by atoms with van der Waals surface area (Å²) >= 11 is 5.88. The van der Waals surface area contributed by atoms with Crippen LogP contribution in [-0.2, 0) is 13.0 Å². The molecule has 24 heavy (non-hydrogen) atoms. The van der Waals surface area contributed by atoms with Gasteiger partial charge in [-0.2, -0.15) is 0 Å². The van der Waals surface area contributed by atoms with Gasteiger partial charge in [0.15, 0.2) is 0 Å². The standard InChI is InChI=1S/C18H23ClN4O/c1-2-17-20-7-8-22(17)12-9-21-10-13-23(14-11-21)18(24)15-3-5-16(19)6-4-15/h3-8H,2,9-14H2,1H3. The maximum Gasteiger partial charge on any atom is 0.253 e. The second-order valence-corrected chi connectivity index (χ2v) is 6.47. The van der Waals surface area contributed by atoms with Gasteiger partial charge >= 0.3 is 0 Å². The number of hydrogen-bond donors (Lipinski definition) is 0. The average molecular weight is 347 g/mol. The SMILES string of the molecule is CCc1nccn1CCN1CCN(C(=O)c2ccc(Cl)cc2)CC1. The van der Waals surface area contributed by atoms with E-state index in [0.29, 0.717) is 10.6 Å². The Balaban J connectivity index is 1.48. The molecule has 0 atom stereocenters. The van der Waals surface area contributed by atoms with Gasteiger partial charge in [-0.3, -0.25) is 9.69 Å². The monoisotopic (exact) mass is 346 g/mol. The van der Waals surface area contributed by atoms with Gasteiger partial charge in [-0.05, 0) is 24.3 Å². The van der Waals surface area contributed by atoms with Crippen LogP contribution < -0.4 is 0 Å². The molecule has 3 rings (SSSR count). The largest absolute Gasteiger partial charge is 0.336 e. The minimum Gasteiger partial charge on any atom is -0.336 e. The van der Waals surface area contributed by atoms with Gasteiger partial charge < -0.3 is 9.47 Å². The van der Waals surface area contributed by atoms with Crippen molar-refractivity contribution < 1.29 is 4.79 Å². The fourth-order valence-electron chi connectivity index (χ4n) is 3.06. The number of carbonyl (C=O) groups excluding carboxylic acids is 1. The summed E-state index contributed by atoms with van der Waals surface area (Å²) in [4.78, 5) is 21.2. The summed E-state index contributed by atoms with van der Waals surface area (Å²) in [6, 6.07) is 7.12. The zero-order valence-electron chi connectivity index (χ0n) is 14.0.